The zero-order valence-electron chi connectivity index (χ0n) is 10.3. The van der Waals surface area contributed by atoms with Crippen molar-refractivity contribution >= 4 is 17.2 Å². The number of rotatable bonds is 0. The van der Waals surface area contributed by atoms with Gasteiger partial charge < -0.3 is 0 Å². The van der Waals surface area contributed by atoms with Crippen LogP contribution >= 0.6 is 0 Å². The van der Waals surface area contributed by atoms with Gasteiger partial charge in [-0.1, -0.05) is 24.6 Å². The van der Waals surface area contributed by atoms with Crippen molar-refractivity contribution in [2.45, 2.75) is 32.1 Å². The lowest BCUT2D eigenvalue weighted by Crippen LogP contribution is -2.18. The van der Waals surface area contributed by atoms with Crippen molar-refractivity contribution < 1.29 is 4.79 Å². The smallest absolute Gasteiger partial charge is 0.267 e. The van der Waals surface area contributed by atoms with Gasteiger partial charge in [0.25, 0.3) is 5.91 Å². The summed E-state index contributed by atoms with van der Waals surface area (Å²) in [6.45, 7) is 2.24. The van der Waals surface area contributed by atoms with Crippen molar-refractivity contribution in [2.24, 2.45) is 5.10 Å². The Bertz CT molecular complexity index is 640. The number of hydrogen-bond donors (Lipinski definition) is 1. The van der Waals surface area contributed by atoms with Crippen molar-refractivity contribution in [3.05, 3.63) is 40.5 Å². The molecule has 0 saturated carbocycles. The molecule has 0 fully saturated rings. The Hall–Kier alpha value is -1.90. The fourth-order valence-electron chi connectivity index (χ4n) is 3.50. The van der Waals surface area contributed by atoms with Crippen LogP contribution in [-0.2, 0) is 0 Å². The van der Waals surface area contributed by atoms with E-state index in [1.54, 1.807) is 0 Å². The zero-order chi connectivity index (χ0) is 12.3. The third kappa shape index (κ3) is 1.09. The van der Waals surface area contributed by atoms with Crippen LogP contribution in [0.3, 0.4) is 0 Å². The van der Waals surface area contributed by atoms with Crippen LogP contribution in [0.15, 0.2) is 28.9 Å². The highest BCUT2D eigenvalue weighted by atomic mass is 16.2. The average Bonchev–Trinajstić information content (AvgIpc) is 2.61. The first-order valence-corrected chi connectivity index (χ1v) is 6.51. The van der Waals surface area contributed by atoms with E-state index in [0.29, 0.717) is 5.92 Å². The summed E-state index contributed by atoms with van der Waals surface area (Å²) < 4.78 is 0. The van der Waals surface area contributed by atoms with E-state index in [1.807, 2.05) is 12.1 Å². The number of hydrazone groups is 1. The number of carbonyl (C=O) groups is 1. The fraction of sp³-hybridized carbons (Fsp3) is 0.333. The summed E-state index contributed by atoms with van der Waals surface area (Å²) >= 11 is 0. The van der Waals surface area contributed by atoms with E-state index >= 15 is 0 Å². The van der Waals surface area contributed by atoms with Gasteiger partial charge in [-0.15, -0.1) is 0 Å². The Kier molecular flexibility index (Phi) is 1.85. The van der Waals surface area contributed by atoms with Gasteiger partial charge in [0.15, 0.2) is 0 Å². The van der Waals surface area contributed by atoms with Gasteiger partial charge in [0, 0.05) is 22.6 Å². The molecule has 1 amide bonds. The third-order valence-electron chi connectivity index (χ3n) is 4.34. The second-order valence-corrected chi connectivity index (χ2v) is 5.24. The standard InChI is InChI=1S/C15H14N2O/c1-8-9-4-2-6-11-13(9)14-10(8)5-3-7-12(14)16-17-15(11)18/h2,4,6,8H,3,5,7H2,1H3,(H,17,18). The lowest BCUT2D eigenvalue weighted by Gasteiger charge is -2.18. The summed E-state index contributed by atoms with van der Waals surface area (Å²) in [5.74, 6) is 0.362. The summed E-state index contributed by atoms with van der Waals surface area (Å²) in [4.78, 5) is 12.1. The van der Waals surface area contributed by atoms with Crippen molar-refractivity contribution in [1.82, 2.24) is 5.43 Å². The molecule has 1 unspecified atom stereocenters. The van der Waals surface area contributed by atoms with Gasteiger partial charge >= 0.3 is 0 Å². The molecule has 1 aliphatic heterocycles. The average molecular weight is 238 g/mol. The van der Waals surface area contributed by atoms with Gasteiger partial charge in [-0.05, 0) is 30.9 Å². The van der Waals surface area contributed by atoms with Gasteiger partial charge in [0.1, 0.15) is 0 Å². The number of hydrogen-bond acceptors (Lipinski definition) is 2. The summed E-state index contributed by atoms with van der Waals surface area (Å²) in [5.41, 5.74) is 9.70. The predicted molar refractivity (Wildman–Crippen MR) is 70.5 cm³/mol. The minimum absolute atomic E-state index is 0.0744. The number of allylic oxidation sites excluding steroid dienone is 2. The summed E-state index contributed by atoms with van der Waals surface area (Å²) in [5, 5.41) is 4.32. The van der Waals surface area contributed by atoms with Crippen LogP contribution in [0.1, 0.15) is 53.6 Å². The Morgan fingerprint density at radius 1 is 1.33 bits per heavy atom. The lowest BCUT2D eigenvalue weighted by atomic mass is 9.87. The maximum absolute atomic E-state index is 12.1. The maximum Gasteiger partial charge on any atom is 0.272 e. The molecule has 3 aliphatic rings. The molecule has 1 aromatic carbocycles. The normalized spacial score (nSPS) is 24.4. The molecule has 0 spiro atoms. The van der Waals surface area contributed by atoms with E-state index in [1.165, 1.54) is 16.7 Å². The van der Waals surface area contributed by atoms with E-state index in [4.69, 9.17) is 0 Å². The summed E-state index contributed by atoms with van der Waals surface area (Å²) in [6.07, 6.45) is 3.25. The molecule has 0 saturated heterocycles. The predicted octanol–water partition coefficient (Wildman–Crippen LogP) is 2.84. The van der Waals surface area contributed by atoms with E-state index in [0.717, 1.165) is 36.1 Å². The molecule has 18 heavy (non-hydrogen) atoms. The van der Waals surface area contributed by atoms with E-state index in [9.17, 15) is 4.79 Å². The summed E-state index contributed by atoms with van der Waals surface area (Å²) in [6, 6.07) is 6.04. The molecule has 1 atom stereocenters. The molecular formula is C15H14N2O. The van der Waals surface area contributed by atoms with Crippen molar-refractivity contribution in [2.75, 3.05) is 0 Å². The van der Waals surface area contributed by atoms with Gasteiger partial charge in [-0.3, -0.25) is 4.79 Å². The van der Waals surface area contributed by atoms with Crippen molar-refractivity contribution in [3.8, 4) is 0 Å². The number of carbonyl (C=O) groups excluding carboxylic acids is 1. The van der Waals surface area contributed by atoms with E-state index in [2.05, 4.69) is 23.5 Å². The van der Waals surface area contributed by atoms with E-state index in [-0.39, 0.29) is 5.91 Å². The first-order valence-electron chi connectivity index (χ1n) is 6.51. The molecule has 1 N–H and O–H groups in total. The minimum atomic E-state index is -0.0744. The first-order chi connectivity index (χ1) is 8.77. The number of nitrogens with one attached hydrogen (secondary N) is 1. The molecule has 2 aliphatic carbocycles. The Morgan fingerprint density at radius 2 is 2.22 bits per heavy atom. The molecule has 1 aromatic rings. The third-order valence-corrected chi connectivity index (χ3v) is 4.34. The van der Waals surface area contributed by atoms with Crippen molar-refractivity contribution in [3.63, 3.8) is 0 Å². The monoisotopic (exact) mass is 238 g/mol. The van der Waals surface area contributed by atoms with Gasteiger partial charge in [0.05, 0.1) is 5.71 Å². The highest BCUT2D eigenvalue weighted by molar-refractivity contribution is 6.30. The topological polar surface area (TPSA) is 41.5 Å². The first kappa shape index (κ1) is 10.1. The van der Waals surface area contributed by atoms with Crippen molar-refractivity contribution in [1.29, 1.82) is 0 Å². The SMILES string of the molecule is CC1C2=C3C(=NNC(=O)c4cccc1c43)CCC2. The highest BCUT2D eigenvalue weighted by Crippen LogP contribution is 2.48. The second-order valence-electron chi connectivity index (χ2n) is 5.24. The molecule has 4 rings (SSSR count). The van der Waals surface area contributed by atoms with Crippen LogP contribution in [0.2, 0.25) is 0 Å². The van der Waals surface area contributed by atoms with Crippen LogP contribution in [0.5, 0.6) is 0 Å². The highest BCUT2D eigenvalue weighted by Gasteiger charge is 2.36. The number of nitrogens with zero attached hydrogens (tertiary/aromatic N) is 1. The molecule has 0 bridgehead atoms. The summed E-state index contributed by atoms with van der Waals surface area (Å²) in [7, 11) is 0. The van der Waals surface area contributed by atoms with Gasteiger partial charge in [-0.25, -0.2) is 5.43 Å². The number of amides is 1. The van der Waals surface area contributed by atoms with Gasteiger partial charge in [-0.2, -0.15) is 5.10 Å². The fourth-order valence-corrected chi connectivity index (χ4v) is 3.50. The second kappa shape index (κ2) is 3.31. The molecule has 3 nitrogen and oxygen atoms in total. The quantitative estimate of drug-likeness (QED) is 0.742. The molecule has 3 heteroatoms. The Labute approximate surface area is 106 Å². The maximum atomic E-state index is 12.1. The Morgan fingerprint density at radius 3 is 3.11 bits per heavy atom. The Balaban J connectivity index is 2.11. The van der Waals surface area contributed by atoms with Crippen LogP contribution in [0, 0.1) is 0 Å². The van der Waals surface area contributed by atoms with E-state index < -0.39 is 0 Å². The molecule has 90 valence electrons. The molecular weight excluding hydrogens is 224 g/mol. The molecule has 0 aromatic heterocycles. The van der Waals surface area contributed by atoms with Crippen LogP contribution in [0.4, 0.5) is 0 Å². The van der Waals surface area contributed by atoms with Crippen LogP contribution in [0.25, 0.3) is 5.57 Å². The van der Waals surface area contributed by atoms with Crippen LogP contribution < -0.4 is 5.43 Å². The van der Waals surface area contributed by atoms with Crippen LogP contribution in [-0.4, -0.2) is 11.6 Å². The lowest BCUT2D eigenvalue weighted by molar-refractivity contribution is 0.0955. The minimum Gasteiger partial charge on any atom is -0.267 e. The molecule has 0 radical (unpaired) electrons. The zero-order valence-corrected chi connectivity index (χ0v) is 10.3. The largest absolute Gasteiger partial charge is 0.272 e. The number of benzene rings is 1. The molecule has 1 heterocycles. The van der Waals surface area contributed by atoms with Gasteiger partial charge in [0.2, 0.25) is 0 Å².